The summed E-state index contributed by atoms with van der Waals surface area (Å²) in [4.78, 5) is 0. The fourth-order valence-corrected chi connectivity index (χ4v) is 2.32. The lowest BCUT2D eigenvalue weighted by atomic mass is 10.1. The second kappa shape index (κ2) is 17.9. The lowest BCUT2D eigenvalue weighted by Crippen LogP contribution is -2.32. The molecule has 0 heterocycles. The first-order valence-corrected chi connectivity index (χ1v) is 8.88. The molecule has 0 aromatic heterocycles. The summed E-state index contributed by atoms with van der Waals surface area (Å²) in [5.74, 6) is 0. The molecule has 0 saturated carbocycles. The zero-order chi connectivity index (χ0) is 15.6. The molecule has 0 aromatic carbocycles. The number of rotatable bonds is 17. The molecule has 4 heteroatoms. The van der Waals surface area contributed by atoms with Crippen molar-refractivity contribution >= 4 is 0 Å². The monoisotopic (exact) mass is 303 g/mol. The topological polar surface area (TPSA) is 61.7 Å². The summed E-state index contributed by atoms with van der Waals surface area (Å²) in [5.41, 5.74) is 0. The number of hydrogen-bond acceptors (Lipinski definition) is 4. The Bertz CT molecular complexity index is 191. The SMILES string of the molecule is CCCCCCCCCCCCOCC(O)CNCCO. The average Bonchev–Trinajstić information content (AvgIpc) is 2.48. The zero-order valence-corrected chi connectivity index (χ0v) is 14.0. The molecule has 3 N–H and O–H groups in total. The van der Waals surface area contributed by atoms with E-state index in [-0.39, 0.29) is 6.61 Å². The molecule has 0 rings (SSSR count). The molecule has 0 saturated heterocycles. The summed E-state index contributed by atoms with van der Waals surface area (Å²) < 4.78 is 5.45. The van der Waals surface area contributed by atoms with Crippen LogP contribution >= 0.6 is 0 Å². The fraction of sp³-hybridized carbons (Fsp3) is 1.00. The van der Waals surface area contributed by atoms with E-state index in [0.717, 1.165) is 13.0 Å². The maximum Gasteiger partial charge on any atom is 0.0897 e. The van der Waals surface area contributed by atoms with E-state index in [2.05, 4.69) is 12.2 Å². The molecule has 0 radical (unpaired) electrons. The minimum absolute atomic E-state index is 0.103. The number of ether oxygens (including phenoxy) is 1. The maximum absolute atomic E-state index is 9.57. The predicted molar refractivity (Wildman–Crippen MR) is 88.6 cm³/mol. The van der Waals surface area contributed by atoms with Crippen LogP contribution < -0.4 is 5.32 Å². The highest BCUT2D eigenvalue weighted by Crippen LogP contribution is 2.10. The van der Waals surface area contributed by atoms with Crippen molar-refractivity contribution in [3.63, 3.8) is 0 Å². The lowest BCUT2D eigenvalue weighted by Gasteiger charge is -2.11. The van der Waals surface area contributed by atoms with Gasteiger partial charge in [0, 0.05) is 19.7 Å². The van der Waals surface area contributed by atoms with E-state index in [4.69, 9.17) is 9.84 Å². The Hall–Kier alpha value is -0.160. The third kappa shape index (κ3) is 17.8. The fourth-order valence-electron chi connectivity index (χ4n) is 2.32. The Labute approximate surface area is 131 Å². The van der Waals surface area contributed by atoms with E-state index in [0.29, 0.717) is 19.7 Å². The van der Waals surface area contributed by atoms with E-state index in [1.165, 1.54) is 57.8 Å². The van der Waals surface area contributed by atoms with Gasteiger partial charge in [-0.25, -0.2) is 0 Å². The maximum atomic E-state index is 9.57. The van der Waals surface area contributed by atoms with E-state index < -0.39 is 6.10 Å². The van der Waals surface area contributed by atoms with Crippen LogP contribution in [0, 0.1) is 0 Å². The van der Waals surface area contributed by atoms with E-state index >= 15 is 0 Å². The van der Waals surface area contributed by atoms with Crippen molar-refractivity contribution in [3.8, 4) is 0 Å². The third-order valence-electron chi connectivity index (χ3n) is 3.62. The zero-order valence-electron chi connectivity index (χ0n) is 14.0. The molecule has 4 nitrogen and oxygen atoms in total. The molecule has 0 aromatic rings. The molecule has 0 spiro atoms. The van der Waals surface area contributed by atoms with Crippen molar-refractivity contribution < 1.29 is 14.9 Å². The minimum Gasteiger partial charge on any atom is -0.395 e. The highest BCUT2D eigenvalue weighted by atomic mass is 16.5. The Morgan fingerprint density at radius 2 is 1.48 bits per heavy atom. The van der Waals surface area contributed by atoms with Gasteiger partial charge in [0.2, 0.25) is 0 Å². The highest BCUT2D eigenvalue weighted by molar-refractivity contribution is 4.57. The van der Waals surface area contributed by atoms with Gasteiger partial charge in [-0.15, -0.1) is 0 Å². The lowest BCUT2D eigenvalue weighted by molar-refractivity contribution is 0.0350. The third-order valence-corrected chi connectivity index (χ3v) is 3.62. The van der Waals surface area contributed by atoms with Crippen LogP contribution in [0.3, 0.4) is 0 Å². The quantitative estimate of drug-likeness (QED) is 0.362. The van der Waals surface area contributed by atoms with Gasteiger partial charge in [0.15, 0.2) is 0 Å². The molecule has 1 unspecified atom stereocenters. The van der Waals surface area contributed by atoms with Crippen molar-refractivity contribution in [1.29, 1.82) is 0 Å². The number of aliphatic hydroxyl groups is 2. The minimum atomic E-state index is -0.473. The Kier molecular flexibility index (Phi) is 17.8. The summed E-state index contributed by atoms with van der Waals surface area (Å²) in [5, 5.41) is 21.1. The summed E-state index contributed by atoms with van der Waals surface area (Å²) >= 11 is 0. The summed E-state index contributed by atoms with van der Waals surface area (Å²) in [6.07, 6.45) is 12.8. The second-order valence-corrected chi connectivity index (χ2v) is 5.84. The van der Waals surface area contributed by atoms with Gasteiger partial charge in [0.05, 0.1) is 19.3 Å². The summed E-state index contributed by atoms with van der Waals surface area (Å²) in [6.45, 7) is 4.50. The standard InChI is InChI=1S/C17H37NO3/c1-2-3-4-5-6-7-8-9-10-11-14-21-16-17(20)15-18-12-13-19/h17-20H,2-16H2,1H3. The number of unbranched alkanes of at least 4 members (excludes halogenated alkanes) is 9. The van der Waals surface area contributed by atoms with Crippen LogP contribution in [0.4, 0.5) is 0 Å². The van der Waals surface area contributed by atoms with Crippen molar-refractivity contribution in [2.24, 2.45) is 0 Å². The molecular weight excluding hydrogens is 266 g/mol. The van der Waals surface area contributed by atoms with Crippen LogP contribution in [0.25, 0.3) is 0 Å². The number of aliphatic hydroxyl groups excluding tert-OH is 2. The van der Waals surface area contributed by atoms with E-state index in [9.17, 15) is 5.11 Å². The van der Waals surface area contributed by atoms with Crippen LogP contribution in [0.15, 0.2) is 0 Å². The van der Waals surface area contributed by atoms with E-state index in [1.54, 1.807) is 0 Å². The molecular formula is C17H37NO3. The highest BCUT2D eigenvalue weighted by Gasteiger charge is 2.02. The Morgan fingerprint density at radius 3 is 2.05 bits per heavy atom. The molecule has 0 amide bonds. The second-order valence-electron chi connectivity index (χ2n) is 5.84. The number of hydrogen-bond donors (Lipinski definition) is 3. The summed E-state index contributed by atoms with van der Waals surface area (Å²) in [6, 6.07) is 0. The van der Waals surface area contributed by atoms with Gasteiger partial charge in [0.25, 0.3) is 0 Å². The first kappa shape index (κ1) is 20.8. The number of nitrogens with one attached hydrogen (secondary N) is 1. The average molecular weight is 303 g/mol. The molecule has 0 fully saturated rings. The van der Waals surface area contributed by atoms with Gasteiger partial charge in [0.1, 0.15) is 0 Å². The normalized spacial score (nSPS) is 12.7. The molecule has 128 valence electrons. The predicted octanol–water partition coefficient (Wildman–Crippen LogP) is 2.87. The largest absolute Gasteiger partial charge is 0.395 e. The van der Waals surface area contributed by atoms with Gasteiger partial charge in [-0.05, 0) is 6.42 Å². The van der Waals surface area contributed by atoms with Gasteiger partial charge < -0.3 is 20.3 Å². The molecule has 0 bridgehead atoms. The first-order valence-electron chi connectivity index (χ1n) is 8.88. The van der Waals surface area contributed by atoms with Crippen molar-refractivity contribution in [1.82, 2.24) is 5.32 Å². The smallest absolute Gasteiger partial charge is 0.0897 e. The molecule has 1 atom stereocenters. The van der Waals surface area contributed by atoms with Crippen LogP contribution in [-0.4, -0.2) is 49.2 Å². The van der Waals surface area contributed by atoms with Gasteiger partial charge in [-0.2, -0.15) is 0 Å². The van der Waals surface area contributed by atoms with Crippen LogP contribution in [0.1, 0.15) is 71.1 Å². The molecule has 0 aliphatic heterocycles. The van der Waals surface area contributed by atoms with E-state index in [1.807, 2.05) is 0 Å². The van der Waals surface area contributed by atoms with Gasteiger partial charge >= 0.3 is 0 Å². The Balaban J connectivity index is 3.05. The van der Waals surface area contributed by atoms with Crippen molar-refractivity contribution in [2.45, 2.75) is 77.2 Å². The van der Waals surface area contributed by atoms with Crippen molar-refractivity contribution in [3.05, 3.63) is 0 Å². The van der Waals surface area contributed by atoms with Crippen LogP contribution in [0.2, 0.25) is 0 Å². The first-order chi connectivity index (χ1) is 10.3. The van der Waals surface area contributed by atoms with Crippen molar-refractivity contribution in [2.75, 3.05) is 32.9 Å². The molecule has 21 heavy (non-hydrogen) atoms. The van der Waals surface area contributed by atoms with Gasteiger partial charge in [-0.1, -0.05) is 64.7 Å². The molecule has 0 aliphatic carbocycles. The molecule has 0 aliphatic rings. The van der Waals surface area contributed by atoms with Crippen LogP contribution in [0.5, 0.6) is 0 Å². The summed E-state index contributed by atoms with van der Waals surface area (Å²) in [7, 11) is 0. The van der Waals surface area contributed by atoms with Gasteiger partial charge in [-0.3, -0.25) is 0 Å². The van der Waals surface area contributed by atoms with Crippen LogP contribution in [-0.2, 0) is 4.74 Å². The Morgan fingerprint density at radius 1 is 0.905 bits per heavy atom.